The zero-order chi connectivity index (χ0) is 13.0. The Morgan fingerprint density at radius 2 is 2.11 bits per heavy atom. The molecule has 0 saturated heterocycles. The first kappa shape index (κ1) is 11.9. The van der Waals surface area contributed by atoms with Gasteiger partial charge >= 0.3 is 0 Å². The van der Waals surface area contributed by atoms with Gasteiger partial charge in [-0.15, -0.1) is 0 Å². The summed E-state index contributed by atoms with van der Waals surface area (Å²) in [5.74, 6) is 3.25. The molecule has 2 N–H and O–H groups in total. The molecule has 3 fully saturated rings. The second-order valence-corrected chi connectivity index (χ2v) is 7.10. The number of hydrogen-bond donors (Lipinski definition) is 1. The largest absolute Gasteiger partial charge is 0.325 e. The zero-order valence-corrected chi connectivity index (χ0v) is 11.3. The monoisotopic (exact) mass is 259 g/mol. The molecule has 2 bridgehead atoms. The highest BCUT2D eigenvalue weighted by molar-refractivity contribution is 5.23. The molecule has 2 heteroatoms. The van der Waals surface area contributed by atoms with E-state index in [-0.39, 0.29) is 11.4 Å². The standard InChI is InChI=1S/C17H22FN/c18-13-4-1-3-11(7-13)9-17(19)10-12-8-16(17)15-6-2-5-14(12)15/h1,3-4,7,12,14-16H,2,5-6,8-10,19H2. The van der Waals surface area contributed by atoms with Gasteiger partial charge < -0.3 is 5.73 Å². The van der Waals surface area contributed by atoms with Crippen molar-refractivity contribution in [2.45, 2.75) is 44.1 Å². The minimum Gasteiger partial charge on any atom is -0.325 e. The van der Waals surface area contributed by atoms with Crippen molar-refractivity contribution >= 4 is 0 Å². The van der Waals surface area contributed by atoms with Crippen LogP contribution in [0.1, 0.15) is 37.7 Å². The summed E-state index contributed by atoms with van der Waals surface area (Å²) in [6, 6.07) is 7.00. The Morgan fingerprint density at radius 1 is 1.26 bits per heavy atom. The molecule has 1 aromatic carbocycles. The predicted molar refractivity (Wildman–Crippen MR) is 74.1 cm³/mol. The van der Waals surface area contributed by atoms with E-state index in [1.165, 1.54) is 31.7 Å². The van der Waals surface area contributed by atoms with Crippen LogP contribution in [0.2, 0.25) is 0 Å². The summed E-state index contributed by atoms with van der Waals surface area (Å²) in [5, 5.41) is 0. The Kier molecular flexibility index (Phi) is 2.54. The topological polar surface area (TPSA) is 26.0 Å². The highest BCUT2D eigenvalue weighted by Gasteiger charge is 2.58. The SMILES string of the molecule is NC1(Cc2cccc(F)c2)CC2CC1C1CCCC21. The first-order chi connectivity index (χ1) is 9.16. The van der Waals surface area contributed by atoms with Gasteiger partial charge in [0.2, 0.25) is 0 Å². The molecule has 19 heavy (non-hydrogen) atoms. The molecular weight excluding hydrogens is 237 g/mol. The Labute approximate surface area is 114 Å². The molecule has 1 nitrogen and oxygen atoms in total. The van der Waals surface area contributed by atoms with Gasteiger partial charge in [0.1, 0.15) is 5.82 Å². The van der Waals surface area contributed by atoms with Gasteiger partial charge in [-0.05, 0) is 73.5 Å². The molecule has 5 unspecified atom stereocenters. The van der Waals surface area contributed by atoms with E-state index >= 15 is 0 Å². The molecule has 4 rings (SSSR count). The molecule has 0 aliphatic heterocycles. The number of benzene rings is 1. The van der Waals surface area contributed by atoms with Crippen molar-refractivity contribution in [1.82, 2.24) is 0 Å². The molecule has 5 atom stereocenters. The molecule has 0 aromatic heterocycles. The van der Waals surface area contributed by atoms with Gasteiger partial charge in [0.05, 0.1) is 0 Å². The Bertz CT molecular complexity index is 500. The second-order valence-electron chi connectivity index (χ2n) is 7.10. The molecular formula is C17H22FN. The minimum absolute atomic E-state index is 0.0655. The van der Waals surface area contributed by atoms with E-state index in [1.807, 2.05) is 6.07 Å². The summed E-state index contributed by atoms with van der Waals surface area (Å²) >= 11 is 0. The van der Waals surface area contributed by atoms with E-state index in [0.29, 0.717) is 5.92 Å². The molecule has 3 aliphatic rings. The molecule has 3 saturated carbocycles. The Balaban J connectivity index is 1.58. The molecule has 102 valence electrons. The maximum Gasteiger partial charge on any atom is 0.123 e. The molecule has 0 spiro atoms. The van der Waals surface area contributed by atoms with Crippen LogP contribution in [0.25, 0.3) is 0 Å². The first-order valence-electron chi connectivity index (χ1n) is 7.69. The van der Waals surface area contributed by atoms with Gasteiger partial charge in [-0.3, -0.25) is 0 Å². The van der Waals surface area contributed by atoms with Gasteiger partial charge in [-0.1, -0.05) is 18.6 Å². The van der Waals surface area contributed by atoms with E-state index in [4.69, 9.17) is 5.73 Å². The van der Waals surface area contributed by atoms with Crippen LogP contribution < -0.4 is 5.73 Å². The van der Waals surface area contributed by atoms with Crippen molar-refractivity contribution in [3.05, 3.63) is 35.6 Å². The molecule has 1 aromatic rings. The van der Waals surface area contributed by atoms with Crippen molar-refractivity contribution < 1.29 is 4.39 Å². The lowest BCUT2D eigenvalue weighted by Crippen LogP contribution is -2.50. The molecule has 0 radical (unpaired) electrons. The maximum absolute atomic E-state index is 13.3. The summed E-state index contributed by atoms with van der Waals surface area (Å²) in [6.45, 7) is 0. The highest BCUT2D eigenvalue weighted by Crippen LogP contribution is 2.62. The quantitative estimate of drug-likeness (QED) is 0.864. The van der Waals surface area contributed by atoms with E-state index in [2.05, 4.69) is 0 Å². The number of nitrogens with two attached hydrogens (primary N) is 1. The Morgan fingerprint density at radius 3 is 2.95 bits per heavy atom. The van der Waals surface area contributed by atoms with E-state index in [9.17, 15) is 4.39 Å². The molecule has 3 aliphatic carbocycles. The molecule has 0 heterocycles. The van der Waals surface area contributed by atoms with Crippen LogP contribution in [0, 0.1) is 29.5 Å². The van der Waals surface area contributed by atoms with Gasteiger partial charge in [0.15, 0.2) is 0 Å². The lowest BCUT2D eigenvalue weighted by Gasteiger charge is -2.40. The number of hydrogen-bond acceptors (Lipinski definition) is 1. The third kappa shape index (κ3) is 1.76. The van der Waals surface area contributed by atoms with Crippen molar-refractivity contribution in [2.24, 2.45) is 29.4 Å². The fourth-order valence-corrected chi connectivity index (χ4v) is 5.54. The van der Waals surface area contributed by atoms with Crippen molar-refractivity contribution in [1.29, 1.82) is 0 Å². The van der Waals surface area contributed by atoms with Crippen LogP contribution in [0.5, 0.6) is 0 Å². The fourth-order valence-electron chi connectivity index (χ4n) is 5.54. The van der Waals surface area contributed by atoms with Crippen molar-refractivity contribution in [3.8, 4) is 0 Å². The van der Waals surface area contributed by atoms with Gasteiger partial charge in [-0.25, -0.2) is 4.39 Å². The average Bonchev–Trinajstić information content (AvgIpc) is 2.99. The predicted octanol–water partition coefficient (Wildman–Crippen LogP) is 3.52. The maximum atomic E-state index is 13.3. The summed E-state index contributed by atoms with van der Waals surface area (Å²) < 4.78 is 13.3. The second kappa shape index (κ2) is 4.05. The van der Waals surface area contributed by atoms with Crippen LogP contribution in [0.4, 0.5) is 4.39 Å². The Hall–Kier alpha value is -0.890. The lowest BCUT2D eigenvalue weighted by molar-refractivity contribution is 0.156. The van der Waals surface area contributed by atoms with E-state index in [1.54, 1.807) is 12.1 Å². The first-order valence-corrected chi connectivity index (χ1v) is 7.69. The van der Waals surface area contributed by atoms with E-state index in [0.717, 1.165) is 36.2 Å². The number of fused-ring (bicyclic) bond motifs is 5. The third-order valence-electron chi connectivity index (χ3n) is 6.11. The minimum atomic E-state index is -0.136. The van der Waals surface area contributed by atoms with Gasteiger partial charge in [0.25, 0.3) is 0 Å². The summed E-state index contributed by atoms with van der Waals surface area (Å²) in [6.07, 6.45) is 7.57. The van der Waals surface area contributed by atoms with E-state index < -0.39 is 0 Å². The number of halogens is 1. The third-order valence-corrected chi connectivity index (χ3v) is 6.11. The van der Waals surface area contributed by atoms with Crippen molar-refractivity contribution in [2.75, 3.05) is 0 Å². The lowest BCUT2D eigenvalue weighted by atomic mass is 9.69. The molecule has 0 amide bonds. The highest BCUT2D eigenvalue weighted by atomic mass is 19.1. The number of rotatable bonds is 2. The van der Waals surface area contributed by atoms with Crippen LogP contribution in [-0.2, 0) is 6.42 Å². The van der Waals surface area contributed by atoms with Crippen molar-refractivity contribution in [3.63, 3.8) is 0 Å². The normalized spacial score (nSPS) is 43.7. The summed E-state index contributed by atoms with van der Waals surface area (Å²) in [7, 11) is 0. The van der Waals surface area contributed by atoms with Gasteiger partial charge in [-0.2, -0.15) is 0 Å². The zero-order valence-electron chi connectivity index (χ0n) is 11.3. The van der Waals surface area contributed by atoms with Crippen LogP contribution in [0.15, 0.2) is 24.3 Å². The van der Waals surface area contributed by atoms with Gasteiger partial charge in [0, 0.05) is 5.54 Å². The summed E-state index contributed by atoms with van der Waals surface area (Å²) in [4.78, 5) is 0. The van der Waals surface area contributed by atoms with Crippen LogP contribution >= 0.6 is 0 Å². The van der Waals surface area contributed by atoms with Crippen LogP contribution in [-0.4, -0.2) is 5.54 Å². The smallest absolute Gasteiger partial charge is 0.123 e. The fraction of sp³-hybridized carbons (Fsp3) is 0.647. The average molecular weight is 259 g/mol. The van der Waals surface area contributed by atoms with Crippen LogP contribution in [0.3, 0.4) is 0 Å². The summed E-state index contributed by atoms with van der Waals surface area (Å²) in [5.41, 5.74) is 7.77.